The maximum Gasteiger partial charge on any atom is 0.252 e. The first-order chi connectivity index (χ1) is 9.47. The van der Waals surface area contributed by atoms with Crippen LogP contribution in [0.1, 0.15) is 11.8 Å². The number of thiophene rings is 1. The van der Waals surface area contributed by atoms with Crippen molar-refractivity contribution in [1.82, 2.24) is 4.31 Å². The third-order valence-corrected chi connectivity index (χ3v) is 6.32. The predicted octanol–water partition coefficient (Wildman–Crippen LogP) is 0.912. The molecule has 0 amide bonds. The Balaban J connectivity index is 3.02. The van der Waals surface area contributed by atoms with Crippen LogP contribution in [0.3, 0.4) is 0 Å². The van der Waals surface area contributed by atoms with Crippen molar-refractivity contribution in [2.24, 2.45) is 0 Å². The molecule has 0 radical (unpaired) electrons. The molecular weight excluding hydrogens is 302 g/mol. The minimum atomic E-state index is -3.60. The van der Waals surface area contributed by atoms with Crippen LogP contribution in [0.2, 0.25) is 0 Å². The lowest BCUT2D eigenvalue weighted by molar-refractivity contribution is 0.119. The van der Waals surface area contributed by atoms with E-state index in [1.165, 1.54) is 24.6 Å². The highest BCUT2D eigenvalue weighted by molar-refractivity contribution is 7.91. The highest BCUT2D eigenvalue weighted by Gasteiger charge is 2.30. The fourth-order valence-corrected chi connectivity index (χ4v) is 4.73. The number of aliphatic hydroxyl groups is 1. The van der Waals surface area contributed by atoms with Crippen molar-refractivity contribution in [2.75, 3.05) is 34.0 Å². The van der Waals surface area contributed by atoms with Gasteiger partial charge in [0, 0.05) is 31.7 Å². The standard InChI is InChI=1S/C12H21NO5S2/c1-10(9-18-3)13(6-7-17-2)20(15,16)12-5-4-11(8-14)19-12/h4-5,10,14H,6-9H2,1-3H3. The van der Waals surface area contributed by atoms with Gasteiger partial charge < -0.3 is 14.6 Å². The number of ether oxygens (including phenoxy) is 2. The van der Waals surface area contributed by atoms with Gasteiger partial charge in [-0.25, -0.2) is 8.42 Å². The van der Waals surface area contributed by atoms with Crippen LogP contribution in [0.5, 0.6) is 0 Å². The first kappa shape index (κ1) is 17.5. The molecule has 116 valence electrons. The molecule has 1 aromatic heterocycles. The zero-order chi connectivity index (χ0) is 15.2. The average molecular weight is 323 g/mol. The van der Waals surface area contributed by atoms with Crippen molar-refractivity contribution < 1.29 is 23.0 Å². The third kappa shape index (κ3) is 4.24. The molecular formula is C12H21NO5S2. The van der Waals surface area contributed by atoms with Crippen molar-refractivity contribution in [1.29, 1.82) is 0 Å². The van der Waals surface area contributed by atoms with Gasteiger partial charge in [0.1, 0.15) is 4.21 Å². The Kier molecular flexibility index (Phi) is 7.07. The summed E-state index contributed by atoms with van der Waals surface area (Å²) < 4.78 is 36.9. The molecule has 20 heavy (non-hydrogen) atoms. The summed E-state index contributed by atoms with van der Waals surface area (Å²) in [6.45, 7) is 2.51. The fourth-order valence-electron chi connectivity index (χ4n) is 1.78. The summed E-state index contributed by atoms with van der Waals surface area (Å²) in [7, 11) is -0.540. The van der Waals surface area contributed by atoms with E-state index in [9.17, 15) is 8.42 Å². The molecule has 1 unspecified atom stereocenters. The van der Waals surface area contributed by atoms with Crippen LogP contribution in [-0.4, -0.2) is 57.8 Å². The molecule has 0 saturated heterocycles. The molecule has 8 heteroatoms. The number of hydrogen-bond acceptors (Lipinski definition) is 6. The Hall–Kier alpha value is -0.510. The second-order valence-corrected chi connectivity index (χ2v) is 7.58. The van der Waals surface area contributed by atoms with E-state index < -0.39 is 10.0 Å². The van der Waals surface area contributed by atoms with Crippen LogP contribution in [0.25, 0.3) is 0 Å². The average Bonchev–Trinajstić information content (AvgIpc) is 2.88. The summed E-state index contributed by atoms with van der Waals surface area (Å²) in [5.41, 5.74) is 0. The summed E-state index contributed by atoms with van der Waals surface area (Å²) in [5.74, 6) is 0. The van der Waals surface area contributed by atoms with Crippen LogP contribution < -0.4 is 0 Å². The van der Waals surface area contributed by atoms with Crippen molar-refractivity contribution in [3.63, 3.8) is 0 Å². The molecule has 1 N–H and O–H groups in total. The van der Waals surface area contributed by atoms with Gasteiger partial charge in [-0.15, -0.1) is 11.3 Å². The third-order valence-electron chi connectivity index (χ3n) is 2.77. The van der Waals surface area contributed by atoms with Crippen LogP contribution in [0.4, 0.5) is 0 Å². The highest BCUT2D eigenvalue weighted by Crippen LogP contribution is 2.26. The summed E-state index contributed by atoms with van der Waals surface area (Å²) >= 11 is 1.08. The van der Waals surface area contributed by atoms with E-state index in [0.717, 1.165) is 11.3 Å². The molecule has 0 aliphatic carbocycles. The van der Waals surface area contributed by atoms with Crippen LogP contribution in [0, 0.1) is 0 Å². The SMILES string of the molecule is COCCN(C(C)COC)S(=O)(=O)c1ccc(CO)s1. The summed E-state index contributed by atoms with van der Waals surface area (Å²) in [6, 6.07) is 2.84. The van der Waals surface area contributed by atoms with Gasteiger partial charge in [-0.2, -0.15) is 4.31 Å². The van der Waals surface area contributed by atoms with Gasteiger partial charge in [-0.1, -0.05) is 0 Å². The minimum absolute atomic E-state index is 0.161. The molecule has 0 fully saturated rings. The Morgan fingerprint density at radius 3 is 2.55 bits per heavy atom. The quantitative estimate of drug-likeness (QED) is 0.731. The second kappa shape index (κ2) is 8.06. The van der Waals surface area contributed by atoms with Crippen LogP contribution >= 0.6 is 11.3 Å². The smallest absolute Gasteiger partial charge is 0.252 e. The lowest BCUT2D eigenvalue weighted by atomic mass is 10.3. The zero-order valence-electron chi connectivity index (χ0n) is 11.9. The number of sulfonamides is 1. The van der Waals surface area contributed by atoms with E-state index in [1.54, 1.807) is 13.0 Å². The van der Waals surface area contributed by atoms with E-state index in [4.69, 9.17) is 14.6 Å². The molecule has 0 saturated carbocycles. The number of methoxy groups -OCH3 is 2. The van der Waals surface area contributed by atoms with Crippen molar-refractivity contribution >= 4 is 21.4 Å². The lowest BCUT2D eigenvalue weighted by Crippen LogP contribution is -2.42. The Morgan fingerprint density at radius 1 is 1.35 bits per heavy atom. The molecule has 1 rings (SSSR count). The maximum atomic E-state index is 12.6. The van der Waals surface area contributed by atoms with Crippen molar-refractivity contribution in [3.05, 3.63) is 17.0 Å². The molecule has 1 heterocycles. The van der Waals surface area contributed by atoms with E-state index in [2.05, 4.69) is 0 Å². The largest absolute Gasteiger partial charge is 0.391 e. The highest BCUT2D eigenvalue weighted by atomic mass is 32.2. The molecule has 1 aromatic rings. The minimum Gasteiger partial charge on any atom is -0.391 e. The molecule has 0 aromatic carbocycles. The number of hydrogen-bond donors (Lipinski definition) is 1. The van der Waals surface area contributed by atoms with E-state index in [0.29, 0.717) is 18.1 Å². The van der Waals surface area contributed by atoms with Gasteiger partial charge in [-0.3, -0.25) is 0 Å². The first-order valence-corrected chi connectivity index (χ1v) is 8.42. The van der Waals surface area contributed by atoms with Gasteiger partial charge in [0.15, 0.2) is 0 Å². The Labute approximate surface area is 124 Å². The number of nitrogens with zero attached hydrogens (tertiary/aromatic N) is 1. The fraction of sp³-hybridized carbons (Fsp3) is 0.667. The maximum absolute atomic E-state index is 12.6. The zero-order valence-corrected chi connectivity index (χ0v) is 13.5. The molecule has 0 aliphatic rings. The summed E-state index contributed by atoms with van der Waals surface area (Å²) in [5, 5.41) is 9.05. The first-order valence-electron chi connectivity index (χ1n) is 6.16. The number of rotatable bonds is 9. The van der Waals surface area contributed by atoms with Gasteiger partial charge in [-0.05, 0) is 19.1 Å². The topological polar surface area (TPSA) is 76.1 Å². The summed E-state index contributed by atoms with van der Waals surface area (Å²) in [4.78, 5) is 0.620. The predicted molar refractivity (Wildman–Crippen MR) is 77.3 cm³/mol. The molecule has 0 aliphatic heterocycles. The van der Waals surface area contributed by atoms with Gasteiger partial charge in [0.25, 0.3) is 10.0 Å². The Morgan fingerprint density at radius 2 is 2.05 bits per heavy atom. The summed E-state index contributed by atoms with van der Waals surface area (Å²) in [6.07, 6.45) is 0. The van der Waals surface area contributed by atoms with E-state index in [1.807, 2.05) is 0 Å². The molecule has 0 spiro atoms. The van der Waals surface area contributed by atoms with Crippen LogP contribution in [0.15, 0.2) is 16.3 Å². The molecule has 1 atom stereocenters. The monoisotopic (exact) mass is 323 g/mol. The van der Waals surface area contributed by atoms with Crippen molar-refractivity contribution in [3.8, 4) is 0 Å². The molecule has 6 nitrogen and oxygen atoms in total. The van der Waals surface area contributed by atoms with Crippen molar-refractivity contribution in [2.45, 2.75) is 23.8 Å². The number of aliphatic hydroxyl groups excluding tert-OH is 1. The van der Waals surface area contributed by atoms with Gasteiger partial charge >= 0.3 is 0 Å². The van der Waals surface area contributed by atoms with Gasteiger partial charge in [0.2, 0.25) is 0 Å². The van der Waals surface area contributed by atoms with E-state index >= 15 is 0 Å². The lowest BCUT2D eigenvalue weighted by Gasteiger charge is -2.27. The van der Waals surface area contributed by atoms with Crippen LogP contribution in [-0.2, 0) is 26.1 Å². The van der Waals surface area contributed by atoms with E-state index in [-0.39, 0.29) is 23.4 Å². The Bertz CT molecular complexity index is 500. The molecule has 0 bridgehead atoms. The normalized spacial score (nSPS) is 13.8. The second-order valence-electron chi connectivity index (χ2n) is 4.29. The van der Waals surface area contributed by atoms with Gasteiger partial charge in [0.05, 0.1) is 19.8 Å².